The third kappa shape index (κ3) is 12.5. The highest BCUT2D eigenvalue weighted by Gasteiger charge is 2.22. The Morgan fingerprint density at radius 2 is 1.70 bits per heavy atom. The van der Waals surface area contributed by atoms with Gasteiger partial charge in [0.1, 0.15) is 5.78 Å². The Hall–Kier alpha value is -1.44. The van der Waals surface area contributed by atoms with E-state index in [1.807, 2.05) is 30.3 Å². The summed E-state index contributed by atoms with van der Waals surface area (Å²) in [5.74, 6) is -0.169. The van der Waals surface area contributed by atoms with Gasteiger partial charge in [0.2, 0.25) is 0 Å². The molecule has 0 aliphatic rings. The molecule has 0 unspecified atom stereocenters. The lowest BCUT2D eigenvalue weighted by Gasteiger charge is -2.22. The normalized spacial score (nSPS) is 12.0. The predicted molar refractivity (Wildman–Crippen MR) is 104 cm³/mol. The lowest BCUT2D eigenvalue weighted by Crippen LogP contribution is -2.23. The molecule has 0 atom stereocenters. The molecule has 0 heterocycles. The molecule has 152 valence electrons. The lowest BCUT2D eigenvalue weighted by molar-refractivity contribution is -0.144. The van der Waals surface area contributed by atoms with Crippen molar-refractivity contribution < 1.29 is 26.9 Å². The molecule has 0 saturated carbocycles. The van der Waals surface area contributed by atoms with Crippen molar-refractivity contribution in [1.82, 2.24) is 0 Å². The van der Waals surface area contributed by atoms with Crippen LogP contribution in [0.4, 0.5) is 0 Å². The third-order valence-corrected chi connectivity index (χ3v) is 4.63. The zero-order valence-corrected chi connectivity index (χ0v) is 17.4. The first-order chi connectivity index (χ1) is 12.6. The number of rotatable bonds is 13. The zero-order chi connectivity index (χ0) is 20.3. The van der Waals surface area contributed by atoms with Crippen LogP contribution >= 0.6 is 10.7 Å². The van der Waals surface area contributed by atoms with E-state index in [1.54, 1.807) is 13.8 Å². The number of hydrogen-bond donors (Lipinski definition) is 0. The Morgan fingerprint density at radius 3 is 2.33 bits per heavy atom. The molecule has 0 radical (unpaired) electrons. The lowest BCUT2D eigenvalue weighted by atomic mass is 9.91. The highest BCUT2D eigenvalue weighted by molar-refractivity contribution is 8.09. The van der Waals surface area contributed by atoms with E-state index in [9.17, 15) is 18.0 Å². The number of benzene rings is 1. The average Bonchev–Trinajstić information content (AvgIpc) is 2.57. The molecular weight excluding hydrogens is 392 g/mol. The fourth-order valence-corrected chi connectivity index (χ4v) is 2.91. The molecule has 0 fully saturated rings. The summed E-state index contributed by atoms with van der Waals surface area (Å²) in [6.45, 7) is 3.67. The summed E-state index contributed by atoms with van der Waals surface area (Å²) in [6.07, 6.45) is 2.80. The van der Waals surface area contributed by atoms with Gasteiger partial charge in [-0.25, -0.2) is 0 Å². The van der Waals surface area contributed by atoms with E-state index >= 15 is 0 Å². The van der Waals surface area contributed by atoms with Gasteiger partial charge in [-0.05, 0) is 30.2 Å². The van der Waals surface area contributed by atoms with Crippen molar-refractivity contribution in [2.24, 2.45) is 5.41 Å². The summed E-state index contributed by atoms with van der Waals surface area (Å²) in [7, 11) is 0.999. The van der Waals surface area contributed by atoms with Crippen molar-refractivity contribution in [2.75, 3.05) is 13.2 Å². The Bertz CT molecular complexity index is 700. The summed E-state index contributed by atoms with van der Waals surface area (Å²) in [6, 6.07) is 9.56. The molecule has 1 aromatic carbocycles. The number of Topliss-reactive ketones (excluding diaryl/α,β-unsaturated/α-hetero) is 1. The van der Waals surface area contributed by atoms with Gasteiger partial charge in [-0.3, -0.25) is 13.8 Å². The molecule has 8 heteroatoms. The van der Waals surface area contributed by atoms with E-state index in [1.165, 1.54) is 0 Å². The van der Waals surface area contributed by atoms with Gasteiger partial charge in [-0.15, -0.1) is 0 Å². The summed E-state index contributed by atoms with van der Waals surface area (Å²) >= 11 is 0. The van der Waals surface area contributed by atoms with E-state index in [2.05, 4.69) is 4.18 Å². The van der Waals surface area contributed by atoms with Crippen LogP contribution in [0.15, 0.2) is 30.3 Å². The van der Waals surface area contributed by atoms with Crippen molar-refractivity contribution in [3.8, 4) is 0 Å². The highest BCUT2D eigenvalue weighted by atomic mass is 35.7. The third-order valence-electron chi connectivity index (χ3n) is 3.96. The fourth-order valence-electron chi connectivity index (χ4n) is 2.32. The number of ether oxygens (including phenoxy) is 1. The van der Waals surface area contributed by atoms with Crippen molar-refractivity contribution in [3.05, 3.63) is 35.9 Å². The first-order valence-corrected chi connectivity index (χ1v) is 11.1. The first-order valence-electron chi connectivity index (χ1n) is 8.88. The topological polar surface area (TPSA) is 86.7 Å². The molecule has 0 aliphatic heterocycles. The van der Waals surface area contributed by atoms with Gasteiger partial charge >= 0.3 is 15.3 Å². The summed E-state index contributed by atoms with van der Waals surface area (Å²) < 4.78 is 31.3. The number of hydrogen-bond acceptors (Lipinski definition) is 6. The standard InChI is InChI=1S/C19H27ClO6S/c1-19(2,15-26-27(20,23)24)12-13-25-18(22)11-7-6-10-17(21)14-16-8-4-3-5-9-16/h3-5,8-9H,6-7,10-15H2,1-2H3. The maximum atomic E-state index is 11.9. The fraction of sp³-hybridized carbons (Fsp3) is 0.579. The molecular formula is C19H27ClO6S. The van der Waals surface area contributed by atoms with Crippen molar-refractivity contribution in [3.63, 3.8) is 0 Å². The van der Waals surface area contributed by atoms with E-state index in [0.29, 0.717) is 32.1 Å². The number of unbranched alkanes of at least 4 members (excludes halogenated alkanes) is 1. The highest BCUT2D eigenvalue weighted by Crippen LogP contribution is 2.22. The van der Waals surface area contributed by atoms with E-state index < -0.39 is 14.7 Å². The minimum absolute atomic E-state index is 0.0834. The minimum Gasteiger partial charge on any atom is -0.466 e. The molecule has 0 bridgehead atoms. The smallest absolute Gasteiger partial charge is 0.355 e. The monoisotopic (exact) mass is 418 g/mol. The number of carbonyl (C=O) groups is 2. The molecule has 0 N–H and O–H groups in total. The van der Waals surface area contributed by atoms with E-state index in [4.69, 9.17) is 15.4 Å². The molecule has 0 aromatic heterocycles. The summed E-state index contributed by atoms with van der Waals surface area (Å²) in [4.78, 5) is 23.6. The van der Waals surface area contributed by atoms with Crippen LogP contribution in [0.3, 0.4) is 0 Å². The molecule has 6 nitrogen and oxygen atoms in total. The van der Waals surface area contributed by atoms with E-state index in [-0.39, 0.29) is 31.4 Å². The molecule has 0 spiro atoms. The van der Waals surface area contributed by atoms with Crippen molar-refractivity contribution in [2.45, 2.75) is 52.4 Å². The molecule has 1 aromatic rings. The molecule has 0 amide bonds. The van der Waals surface area contributed by atoms with Gasteiger partial charge in [0, 0.05) is 29.9 Å². The maximum Gasteiger partial charge on any atom is 0.355 e. The van der Waals surface area contributed by atoms with Crippen LogP contribution in [-0.2, 0) is 34.3 Å². The Balaban J connectivity index is 2.12. The zero-order valence-electron chi connectivity index (χ0n) is 15.8. The molecule has 1 rings (SSSR count). The second kappa shape index (κ2) is 11.4. The number of esters is 1. The van der Waals surface area contributed by atoms with Gasteiger partial charge in [0.25, 0.3) is 0 Å². The van der Waals surface area contributed by atoms with E-state index in [0.717, 1.165) is 5.56 Å². The molecule has 0 aliphatic carbocycles. The van der Waals surface area contributed by atoms with Gasteiger partial charge < -0.3 is 4.74 Å². The summed E-state index contributed by atoms with van der Waals surface area (Å²) in [5, 5.41) is 0. The van der Waals surface area contributed by atoms with Crippen LogP contribution in [-0.4, -0.2) is 33.4 Å². The predicted octanol–water partition coefficient (Wildman–Crippen LogP) is 3.82. The van der Waals surface area contributed by atoms with Crippen LogP contribution in [0.1, 0.15) is 51.5 Å². The molecule has 27 heavy (non-hydrogen) atoms. The van der Waals surface area contributed by atoms with Gasteiger partial charge in [-0.1, -0.05) is 44.2 Å². The number of halogens is 1. The van der Waals surface area contributed by atoms with Crippen LogP contribution in [0, 0.1) is 5.41 Å². The number of carbonyl (C=O) groups excluding carboxylic acids is 2. The van der Waals surface area contributed by atoms with Crippen LogP contribution in [0.2, 0.25) is 0 Å². The van der Waals surface area contributed by atoms with Crippen LogP contribution in [0.5, 0.6) is 0 Å². The first kappa shape index (κ1) is 23.6. The van der Waals surface area contributed by atoms with Crippen molar-refractivity contribution in [1.29, 1.82) is 0 Å². The Kier molecular flexibility index (Phi) is 9.98. The van der Waals surface area contributed by atoms with Crippen LogP contribution < -0.4 is 0 Å². The van der Waals surface area contributed by atoms with Gasteiger partial charge in [0.05, 0.1) is 13.2 Å². The quantitative estimate of drug-likeness (QED) is 0.275. The second-order valence-electron chi connectivity index (χ2n) is 7.20. The Morgan fingerprint density at radius 1 is 1.07 bits per heavy atom. The second-order valence-corrected chi connectivity index (χ2v) is 9.35. The SMILES string of the molecule is CC(C)(CCOC(=O)CCCCC(=O)Cc1ccccc1)COS(=O)(=O)Cl. The van der Waals surface area contributed by atoms with Crippen molar-refractivity contribution >= 4 is 31.8 Å². The maximum absolute atomic E-state index is 11.9. The largest absolute Gasteiger partial charge is 0.466 e. The number of ketones is 1. The van der Waals surface area contributed by atoms with Gasteiger partial charge in [0.15, 0.2) is 0 Å². The Labute approximate surface area is 165 Å². The van der Waals surface area contributed by atoms with Crippen LogP contribution in [0.25, 0.3) is 0 Å². The van der Waals surface area contributed by atoms with Gasteiger partial charge in [-0.2, -0.15) is 8.42 Å². The minimum atomic E-state index is -4.00. The average molecular weight is 419 g/mol. The molecule has 0 saturated heterocycles. The summed E-state index contributed by atoms with van der Waals surface area (Å²) in [5.41, 5.74) is 0.502.